The van der Waals surface area contributed by atoms with E-state index in [1.807, 2.05) is 39.0 Å². The zero-order valence-corrected chi connectivity index (χ0v) is 22.5. The Morgan fingerprint density at radius 1 is 1.22 bits per heavy atom. The van der Waals surface area contributed by atoms with Gasteiger partial charge in [0.2, 0.25) is 5.91 Å². The Hall–Kier alpha value is -2.38. The molecule has 0 unspecified atom stereocenters. The van der Waals surface area contributed by atoms with E-state index < -0.39 is 12.1 Å². The predicted octanol–water partition coefficient (Wildman–Crippen LogP) is 5.79. The van der Waals surface area contributed by atoms with Crippen LogP contribution in [-0.4, -0.2) is 52.7 Å². The van der Waals surface area contributed by atoms with Gasteiger partial charge in [0.25, 0.3) is 0 Å². The highest BCUT2D eigenvalue weighted by molar-refractivity contribution is 7.10. The lowest BCUT2D eigenvalue weighted by Gasteiger charge is -2.46. The quantitative estimate of drug-likeness (QED) is 0.267. The summed E-state index contributed by atoms with van der Waals surface area (Å²) in [6.45, 7) is 7.13. The Bertz CT molecular complexity index is 1060. The fourth-order valence-electron chi connectivity index (χ4n) is 5.78. The number of piperidine rings is 1. The van der Waals surface area contributed by atoms with E-state index in [9.17, 15) is 15.4 Å². The minimum Gasteiger partial charge on any atom is -0.391 e. The lowest BCUT2D eigenvalue weighted by Crippen LogP contribution is -2.59. The molecule has 2 N–H and O–H groups in total. The molecule has 1 aliphatic carbocycles. The van der Waals surface area contributed by atoms with Gasteiger partial charge in [0.1, 0.15) is 0 Å². The van der Waals surface area contributed by atoms with E-state index in [0.717, 1.165) is 29.0 Å². The molecule has 1 aliphatic heterocycles. The van der Waals surface area contributed by atoms with E-state index in [1.54, 1.807) is 11.3 Å². The lowest BCUT2D eigenvalue weighted by atomic mass is 9.72. The topological polar surface area (TPSA) is 101 Å². The fourth-order valence-corrected chi connectivity index (χ4v) is 6.73. The highest BCUT2D eigenvalue weighted by atomic mass is 32.1. The van der Waals surface area contributed by atoms with Crippen molar-refractivity contribution in [3.63, 3.8) is 0 Å². The number of aliphatic hydroxyl groups excluding tert-OH is 1. The van der Waals surface area contributed by atoms with Crippen molar-refractivity contribution in [1.82, 2.24) is 10.2 Å². The van der Waals surface area contributed by atoms with Crippen LogP contribution < -0.4 is 5.32 Å². The van der Waals surface area contributed by atoms with Gasteiger partial charge in [-0.15, -0.1) is 11.3 Å². The van der Waals surface area contributed by atoms with E-state index >= 15 is 0 Å². The van der Waals surface area contributed by atoms with Gasteiger partial charge in [-0.1, -0.05) is 54.7 Å². The maximum atomic E-state index is 13.3. The van der Waals surface area contributed by atoms with Crippen molar-refractivity contribution in [3.05, 3.63) is 57.1 Å². The van der Waals surface area contributed by atoms with Crippen molar-refractivity contribution >= 4 is 17.2 Å². The molecule has 8 heteroatoms. The van der Waals surface area contributed by atoms with Crippen molar-refractivity contribution in [2.75, 3.05) is 13.1 Å². The number of aliphatic hydroxyl groups is 1. The highest BCUT2D eigenvalue weighted by Gasteiger charge is 2.41. The number of hydrogen-bond donors (Lipinski definition) is 2. The van der Waals surface area contributed by atoms with Gasteiger partial charge in [0, 0.05) is 28.4 Å². The van der Waals surface area contributed by atoms with Gasteiger partial charge in [0.05, 0.1) is 18.2 Å². The van der Waals surface area contributed by atoms with Crippen LogP contribution in [0, 0.1) is 11.8 Å². The van der Waals surface area contributed by atoms with Gasteiger partial charge in [-0.3, -0.25) is 9.69 Å². The number of nitrogens with one attached hydrogen (secondary N) is 1. The summed E-state index contributed by atoms with van der Waals surface area (Å²) in [5.41, 5.74) is 11.2. The van der Waals surface area contributed by atoms with Crippen molar-refractivity contribution in [1.29, 1.82) is 0 Å². The Kier molecular flexibility index (Phi) is 8.73. The summed E-state index contributed by atoms with van der Waals surface area (Å²) in [6.07, 6.45) is 5.29. The van der Waals surface area contributed by atoms with Crippen LogP contribution in [0.1, 0.15) is 57.8 Å². The summed E-state index contributed by atoms with van der Waals surface area (Å²) in [5, 5.41) is 20.5. The smallest absolute Gasteiger partial charge is 0.237 e. The number of carbonyl (C=O) groups excluding carboxylic acids is 1. The zero-order chi connectivity index (χ0) is 25.7. The number of hydrogen-bond acceptors (Lipinski definition) is 5. The molecule has 2 fully saturated rings. The number of nitrogens with zero attached hydrogens (tertiary/aromatic N) is 4. The molecular weight excluding hydrogens is 470 g/mol. The molecule has 4 rings (SSSR count). The molecule has 0 spiro atoms. The van der Waals surface area contributed by atoms with Crippen LogP contribution in [0.3, 0.4) is 0 Å². The maximum Gasteiger partial charge on any atom is 0.237 e. The minimum atomic E-state index is -0.853. The Balaban J connectivity index is 1.48. The zero-order valence-electron chi connectivity index (χ0n) is 21.6. The van der Waals surface area contributed by atoms with Crippen LogP contribution >= 0.6 is 11.3 Å². The first-order valence-corrected chi connectivity index (χ1v) is 14.0. The van der Waals surface area contributed by atoms with Crippen LogP contribution in [0.4, 0.5) is 0 Å². The summed E-state index contributed by atoms with van der Waals surface area (Å²) < 4.78 is 0. The third-order valence-corrected chi connectivity index (χ3v) is 8.50. The Labute approximate surface area is 218 Å². The molecular formula is C28H39N5O2S. The van der Waals surface area contributed by atoms with Crippen molar-refractivity contribution in [2.45, 2.75) is 83.0 Å². The van der Waals surface area contributed by atoms with E-state index in [2.05, 4.69) is 43.8 Å². The molecule has 1 amide bonds. The van der Waals surface area contributed by atoms with Gasteiger partial charge in [-0.05, 0) is 80.0 Å². The molecule has 194 valence electrons. The van der Waals surface area contributed by atoms with E-state index in [1.165, 1.54) is 25.7 Å². The number of benzene rings is 1. The molecule has 1 saturated heterocycles. The largest absolute Gasteiger partial charge is 0.391 e. The second-order valence-corrected chi connectivity index (χ2v) is 12.5. The molecule has 1 aromatic carbocycles. The van der Waals surface area contributed by atoms with E-state index in [4.69, 9.17) is 0 Å². The van der Waals surface area contributed by atoms with Crippen molar-refractivity contribution in [3.8, 4) is 11.1 Å². The first-order chi connectivity index (χ1) is 17.2. The molecule has 1 saturated carbocycles. The van der Waals surface area contributed by atoms with Crippen molar-refractivity contribution < 1.29 is 9.90 Å². The number of thiophene rings is 1. The van der Waals surface area contributed by atoms with E-state index in [-0.39, 0.29) is 17.5 Å². The van der Waals surface area contributed by atoms with Gasteiger partial charge in [0.15, 0.2) is 0 Å². The van der Waals surface area contributed by atoms with Crippen LogP contribution in [0.5, 0.6) is 0 Å². The van der Waals surface area contributed by atoms with E-state index in [0.29, 0.717) is 24.8 Å². The molecule has 0 bridgehead atoms. The second-order valence-electron chi connectivity index (χ2n) is 11.5. The Morgan fingerprint density at radius 3 is 2.64 bits per heavy atom. The van der Waals surface area contributed by atoms with Crippen LogP contribution in [0.25, 0.3) is 21.6 Å². The number of rotatable bonds is 8. The summed E-state index contributed by atoms with van der Waals surface area (Å²) in [6, 6.07) is 11.4. The SMILES string of the molecule is CC(C)(C)NC(=O)[C@@H]1C[C@@H]2CCCC[C@@H]2CN1C[C@@H](O)[C@H](Cc1cc(-c2ccccc2)cs1)N=[N+]=[N-]. The van der Waals surface area contributed by atoms with Gasteiger partial charge < -0.3 is 10.4 Å². The molecule has 36 heavy (non-hydrogen) atoms. The first-order valence-electron chi connectivity index (χ1n) is 13.1. The third kappa shape index (κ3) is 6.88. The summed E-state index contributed by atoms with van der Waals surface area (Å²) in [4.78, 5) is 19.6. The van der Waals surface area contributed by atoms with Gasteiger partial charge in [-0.25, -0.2) is 0 Å². The molecule has 0 radical (unpaired) electrons. The number of azide groups is 1. The number of likely N-dealkylation sites (tertiary alicyclic amines) is 1. The third-order valence-electron chi connectivity index (χ3n) is 7.54. The standard InChI is InChI=1S/C28H39N5O2S/c1-28(2,3)30-27(35)25-14-20-11-7-8-12-21(20)16-33(25)17-26(34)24(31-32-29)15-23-13-22(18-36-23)19-9-5-4-6-10-19/h4-6,9-10,13,18,20-21,24-26,34H,7-8,11-12,14-17H2,1-3H3,(H,30,35)/t20-,21+,24-,25-,26+/m0/s1. The summed E-state index contributed by atoms with van der Waals surface area (Å²) >= 11 is 1.62. The Morgan fingerprint density at radius 2 is 1.94 bits per heavy atom. The number of carbonyl (C=O) groups is 1. The number of β-amino-alcohol motifs (C(OH)–C–C–N with tert-alkyl or cyclic N) is 1. The first kappa shape index (κ1) is 26.7. The second kappa shape index (κ2) is 11.8. The fraction of sp³-hybridized carbons (Fsp3) is 0.607. The number of fused-ring (bicyclic) bond motifs is 1. The van der Waals surface area contributed by atoms with Crippen LogP contribution in [0.2, 0.25) is 0 Å². The molecule has 7 nitrogen and oxygen atoms in total. The van der Waals surface area contributed by atoms with Crippen LogP contribution in [0.15, 0.2) is 46.9 Å². The lowest BCUT2D eigenvalue weighted by molar-refractivity contribution is -0.132. The molecule has 2 heterocycles. The molecule has 5 atom stereocenters. The van der Waals surface area contributed by atoms with Gasteiger partial charge in [-0.2, -0.15) is 0 Å². The summed E-state index contributed by atoms with van der Waals surface area (Å²) in [7, 11) is 0. The molecule has 1 aromatic heterocycles. The normalized spacial score (nSPS) is 24.3. The molecule has 2 aliphatic rings. The monoisotopic (exact) mass is 509 g/mol. The molecule has 2 aromatic rings. The van der Waals surface area contributed by atoms with Crippen molar-refractivity contribution in [2.24, 2.45) is 17.0 Å². The maximum absolute atomic E-state index is 13.3. The average Bonchev–Trinajstić information content (AvgIpc) is 3.31. The minimum absolute atomic E-state index is 0.0322. The average molecular weight is 510 g/mol. The highest BCUT2D eigenvalue weighted by Crippen LogP contribution is 2.39. The van der Waals surface area contributed by atoms with Crippen LogP contribution in [-0.2, 0) is 11.2 Å². The van der Waals surface area contributed by atoms with Gasteiger partial charge >= 0.3 is 0 Å². The summed E-state index contributed by atoms with van der Waals surface area (Å²) in [5.74, 6) is 1.16. The predicted molar refractivity (Wildman–Crippen MR) is 146 cm³/mol. The number of amides is 1.